The zero-order valence-corrected chi connectivity index (χ0v) is 10.9. The number of rotatable bonds is 2. The first-order chi connectivity index (χ1) is 8.75. The summed E-state index contributed by atoms with van der Waals surface area (Å²) in [6.07, 6.45) is 5.58. The van der Waals surface area contributed by atoms with Gasteiger partial charge in [0.2, 0.25) is 5.91 Å². The van der Waals surface area contributed by atoms with Crippen molar-refractivity contribution in [3.63, 3.8) is 0 Å². The Hall–Kier alpha value is -1.64. The van der Waals surface area contributed by atoms with Gasteiger partial charge in [-0.2, -0.15) is 5.10 Å². The molecule has 0 unspecified atom stereocenters. The Kier molecular flexibility index (Phi) is 4.51. The molecule has 0 spiro atoms. The molecule has 96 valence electrons. The maximum Gasteiger partial charge on any atom is 0.236 e. The van der Waals surface area contributed by atoms with Crippen LogP contribution in [0.3, 0.4) is 0 Å². The Labute approximate surface area is 108 Å². The van der Waals surface area contributed by atoms with Crippen LogP contribution in [0.15, 0.2) is 35.4 Å². The molecule has 1 saturated carbocycles. The molecule has 0 radical (unpaired) electrons. The fourth-order valence-electron chi connectivity index (χ4n) is 2.48. The number of hydrazone groups is 1. The summed E-state index contributed by atoms with van der Waals surface area (Å²) in [6, 6.07) is 10.6. The lowest BCUT2D eigenvalue weighted by Gasteiger charge is -2.14. The van der Waals surface area contributed by atoms with Gasteiger partial charge in [-0.25, -0.2) is 5.43 Å². The van der Waals surface area contributed by atoms with E-state index in [1.54, 1.807) is 0 Å². The van der Waals surface area contributed by atoms with Gasteiger partial charge in [0, 0.05) is 12.6 Å². The van der Waals surface area contributed by atoms with Crippen molar-refractivity contribution in [3.05, 3.63) is 35.9 Å². The van der Waals surface area contributed by atoms with Crippen LogP contribution < -0.4 is 5.43 Å². The minimum atomic E-state index is -0.0944. The maximum absolute atomic E-state index is 10.9. The lowest BCUT2D eigenvalue weighted by Crippen LogP contribution is -2.16. The molecule has 1 fully saturated rings. The third kappa shape index (κ3) is 3.69. The second kappa shape index (κ2) is 6.34. The van der Waals surface area contributed by atoms with E-state index in [-0.39, 0.29) is 5.91 Å². The van der Waals surface area contributed by atoms with Crippen molar-refractivity contribution in [1.29, 1.82) is 0 Å². The van der Waals surface area contributed by atoms with E-state index < -0.39 is 0 Å². The van der Waals surface area contributed by atoms with Crippen molar-refractivity contribution in [3.8, 4) is 0 Å². The van der Waals surface area contributed by atoms with Crippen LogP contribution in [-0.2, 0) is 4.79 Å². The van der Waals surface area contributed by atoms with E-state index in [9.17, 15) is 4.79 Å². The van der Waals surface area contributed by atoms with Crippen LogP contribution in [0.5, 0.6) is 0 Å². The lowest BCUT2D eigenvalue weighted by atomic mass is 9.91. The molecule has 1 aliphatic rings. The van der Waals surface area contributed by atoms with E-state index in [0.717, 1.165) is 18.6 Å². The Balaban J connectivity index is 2.08. The molecule has 3 nitrogen and oxygen atoms in total. The number of carbonyl (C=O) groups excluding carboxylic acids is 1. The topological polar surface area (TPSA) is 41.5 Å². The van der Waals surface area contributed by atoms with Crippen molar-refractivity contribution >= 4 is 11.6 Å². The summed E-state index contributed by atoms with van der Waals surface area (Å²) in [4.78, 5) is 10.9. The molecule has 1 aromatic carbocycles. The van der Waals surface area contributed by atoms with Crippen LogP contribution in [0, 0.1) is 0 Å². The number of benzene rings is 1. The molecule has 0 saturated heterocycles. The van der Waals surface area contributed by atoms with Crippen LogP contribution in [0.4, 0.5) is 0 Å². The van der Waals surface area contributed by atoms with Crippen LogP contribution in [0.25, 0.3) is 0 Å². The van der Waals surface area contributed by atoms with Gasteiger partial charge in [0.15, 0.2) is 0 Å². The molecule has 18 heavy (non-hydrogen) atoms. The third-order valence-corrected chi connectivity index (χ3v) is 3.39. The van der Waals surface area contributed by atoms with Crippen LogP contribution in [-0.4, -0.2) is 11.6 Å². The molecule has 1 N–H and O–H groups in total. The quantitative estimate of drug-likeness (QED) is 0.630. The van der Waals surface area contributed by atoms with Gasteiger partial charge < -0.3 is 0 Å². The van der Waals surface area contributed by atoms with E-state index in [1.807, 2.05) is 6.07 Å². The fourth-order valence-corrected chi connectivity index (χ4v) is 2.48. The standard InChI is InChI=1S/C15H20N2O/c1-12(18)16-17-15-10-6-5-9-14(11-15)13-7-3-2-4-8-13/h2-4,7-8,14H,5-6,9-11H2,1H3,(H,16,18)/b17-15+/t14-/m1/s1. The van der Waals surface area contributed by atoms with Crippen molar-refractivity contribution in [1.82, 2.24) is 5.43 Å². The molecule has 1 aliphatic carbocycles. The van der Waals surface area contributed by atoms with Crippen LogP contribution in [0.2, 0.25) is 0 Å². The molecular formula is C15H20N2O. The van der Waals surface area contributed by atoms with E-state index in [4.69, 9.17) is 0 Å². The van der Waals surface area contributed by atoms with Gasteiger partial charge in [0.1, 0.15) is 0 Å². The van der Waals surface area contributed by atoms with Crippen molar-refractivity contribution < 1.29 is 4.79 Å². The highest BCUT2D eigenvalue weighted by molar-refractivity contribution is 5.86. The van der Waals surface area contributed by atoms with Crippen molar-refractivity contribution in [2.45, 2.75) is 44.9 Å². The zero-order valence-electron chi connectivity index (χ0n) is 10.9. The first-order valence-electron chi connectivity index (χ1n) is 6.62. The van der Waals surface area contributed by atoms with Gasteiger partial charge >= 0.3 is 0 Å². The Morgan fingerprint density at radius 1 is 1.28 bits per heavy atom. The summed E-state index contributed by atoms with van der Waals surface area (Å²) >= 11 is 0. The second-order valence-electron chi connectivity index (χ2n) is 4.90. The van der Waals surface area contributed by atoms with E-state index in [1.165, 1.54) is 31.7 Å². The molecule has 1 amide bonds. The molecule has 1 aromatic rings. The highest BCUT2D eigenvalue weighted by Crippen LogP contribution is 2.30. The van der Waals surface area contributed by atoms with Crippen molar-refractivity contribution in [2.24, 2.45) is 5.10 Å². The summed E-state index contributed by atoms with van der Waals surface area (Å²) in [5.74, 6) is 0.448. The highest BCUT2D eigenvalue weighted by Gasteiger charge is 2.18. The zero-order chi connectivity index (χ0) is 12.8. The first-order valence-corrected chi connectivity index (χ1v) is 6.62. The molecule has 0 aliphatic heterocycles. The van der Waals surface area contributed by atoms with E-state index in [0.29, 0.717) is 5.92 Å². The summed E-state index contributed by atoms with van der Waals surface area (Å²) in [7, 11) is 0. The molecule has 3 heteroatoms. The van der Waals surface area contributed by atoms with Crippen LogP contribution in [0.1, 0.15) is 50.5 Å². The largest absolute Gasteiger partial charge is 0.274 e. The molecule has 0 heterocycles. The smallest absolute Gasteiger partial charge is 0.236 e. The van der Waals surface area contributed by atoms with Gasteiger partial charge in [-0.15, -0.1) is 0 Å². The predicted molar refractivity (Wildman–Crippen MR) is 73.5 cm³/mol. The normalized spacial score (nSPS) is 22.5. The monoisotopic (exact) mass is 244 g/mol. The Bertz CT molecular complexity index is 425. The van der Waals surface area contributed by atoms with Gasteiger partial charge in [0.05, 0.1) is 0 Å². The second-order valence-corrected chi connectivity index (χ2v) is 4.90. The van der Waals surface area contributed by atoms with Crippen LogP contribution >= 0.6 is 0 Å². The third-order valence-electron chi connectivity index (χ3n) is 3.39. The van der Waals surface area contributed by atoms with Gasteiger partial charge in [-0.05, 0) is 37.2 Å². The Morgan fingerprint density at radius 2 is 2.06 bits per heavy atom. The molecule has 0 bridgehead atoms. The molecule has 0 aromatic heterocycles. The summed E-state index contributed by atoms with van der Waals surface area (Å²) in [6.45, 7) is 1.50. The molecular weight excluding hydrogens is 224 g/mol. The van der Waals surface area contributed by atoms with E-state index >= 15 is 0 Å². The van der Waals surface area contributed by atoms with Gasteiger partial charge in [-0.1, -0.05) is 36.8 Å². The number of amides is 1. The average Bonchev–Trinajstić information content (AvgIpc) is 2.63. The SMILES string of the molecule is CC(=O)N/N=C1\CCCC[C@@H](c2ccccc2)C1. The minimum absolute atomic E-state index is 0.0944. The predicted octanol–water partition coefficient (Wildman–Crippen LogP) is 3.23. The van der Waals surface area contributed by atoms with E-state index in [2.05, 4.69) is 34.8 Å². The number of hydrogen-bond donors (Lipinski definition) is 1. The number of nitrogens with zero attached hydrogens (tertiary/aromatic N) is 1. The lowest BCUT2D eigenvalue weighted by molar-refractivity contribution is -0.118. The number of hydrogen-bond acceptors (Lipinski definition) is 2. The molecule has 2 rings (SSSR count). The Morgan fingerprint density at radius 3 is 2.78 bits per heavy atom. The number of nitrogens with one attached hydrogen (secondary N) is 1. The van der Waals surface area contributed by atoms with Gasteiger partial charge in [0.25, 0.3) is 0 Å². The summed E-state index contributed by atoms with van der Waals surface area (Å²) < 4.78 is 0. The molecule has 1 atom stereocenters. The highest BCUT2D eigenvalue weighted by atomic mass is 16.2. The summed E-state index contributed by atoms with van der Waals surface area (Å²) in [5.41, 5.74) is 5.07. The van der Waals surface area contributed by atoms with Gasteiger partial charge in [-0.3, -0.25) is 4.79 Å². The number of carbonyl (C=O) groups is 1. The maximum atomic E-state index is 10.9. The average molecular weight is 244 g/mol. The minimum Gasteiger partial charge on any atom is -0.274 e. The fraction of sp³-hybridized carbons (Fsp3) is 0.467. The summed E-state index contributed by atoms with van der Waals surface area (Å²) in [5, 5.41) is 4.24. The first kappa shape index (κ1) is 12.8. The van der Waals surface area contributed by atoms with Crippen molar-refractivity contribution in [2.75, 3.05) is 0 Å².